The van der Waals surface area contributed by atoms with Crippen molar-refractivity contribution < 1.29 is 14.1 Å². The molecule has 2 amide bonds. The van der Waals surface area contributed by atoms with Crippen LogP contribution in [0.25, 0.3) is 11.5 Å². The number of hydrogen-bond donors (Lipinski definition) is 2. The van der Waals surface area contributed by atoms with Crippen molar-refractivity contribution in [2.24, 2.45) is 0 Å². The molecular formula is C20H22N6O3. The molecule has 2 aromatic heterocycles. The van der Waals surface area contributed by atoms with Crippen LogP contribution < -0.4 is 15.4 Å². The number of nitrogens with one attached hydrogen (secondary N) is 2. The van der Waals surface area contributed by atoms with E-state index in [4.69, 9.17) is 9.26 Å². The number of rotatable bonds is 5. The van der Waals surface area contributed by atoms with Crippen molar-refractivity contribution in [2.45, 2.75) is 18.5 Å². The second kappa shape index (κ2) is 8.27. The topological polar surface area (TPSA) is 105 Å². The minimum Gasteiger partial charge on any atom is -0.497 e. The molecule has 2 N–H and O–H groups in total. The van der Waals surface area contributed by atoms with Crippen molar-refractivity contribution in [1.29, 1.82) is 0 Å². The molecule has 2 unspecified atom stereocenters. The van der Waals surface area contributed by atoms with E-state index >= 15 is 0 Å². The van der Waals surface area contributed by atoms with Crippen LogP contribution in [0.2, 0.25) is 0 Å². The van der Waals surface area contributed by atoms with E-state index < -0.39 is 0 Å². The minimum atomic E-state index is -0.267. The zero-order chi connectivity index (χ0) is 20.2. The Balaban J connectivity index is 1.37. The van der Waals surface area contributed by atoms with Gasteiger partial charge in [0.05, 0.1) is 13.2 Å². The maximum atomic E-state index is 12.4. The zero-order valence-electron chi connectivity index (χ0n) is 16.2. The number of pyridine rings is 1. The highest BCUT2D eigenvalue weighted by molar-refractivity contribution is 5.89. The number of hydrogen-bond acceptors (Lipinski definition) is 7. The summed E-state index contributed by atoms with van der Waals surface area (Å²) in [6.45, 7) is 0.678. The van der Waals surface area contributed by atoms with Crippen LogP contribution >= 0.6 is 0 Å². The first-order valence-corrected chi connectivity index (χ1v) is 9.29. The molecule has 1 aliphatic rings. The van der Waals surface area contributed by atoms with E-state index in [-0.39, 0.29) is 18.1 Å². The molecule has 4 rings (SSSR count). The molecule has 1 fully saturated rings. The van der Waals surface area contributed by atoms with Crippen LogP contribution in [-0.2, 0) is 0 Å². The number of likely N-dealkylation sites (N-methyl/N-ethyl adjacent to an activating group) is 1. The Morgan fingerprint density at radius 3 is 2.97 bits per heavy atom. The highest BCUT2D eigenvalue weighted by atomic mass is 16.5. The van der Waals surface area contributed by atoms with Gasteiger partial charge in [0.2, 0.25) is 11.7 Å². The maximum Gasteiger partial charge on any atom is 0.319 e. The van der Waals surface area contributed by atoms with E-state index in [0.717, 1.165) is 0 Å². The molecule has 9 heteroatoms. The number of likely N-dealkylation sites (tertiary alicyclic amines) is 1. The predicted octanol–water partition coefficient (Wildman–Crippen LogP) is 2.71. The van der Waals surface area contributed by atoms with Crippen LogP contribution in [0.5, 0.6) is 5.75 Å². The van der Waals surface area contributed by atoms with Crippen LogP contribution in [0.1, 0.15) is 18.4 Å². The third-order valence-electron chi connectivity index (χ3n) is 4.83. The van der Waals surface area contributed by atoms with Crippen molar-refractivity contribution in [2.75, 3.05) is 26.0 Å². The molecule has 1 aromatic carbocycles. The Morgan fingerprint density at radius 2 is 2.17 bits per heavy atom. The van der Waals surface area contributed by atoms with Crippen molar-refractivity contribution in [3.8, 4) is 17.3 Å². The smallest absolute Gasteiger partial charge is 0.319 e. The van der Waals surface area contributed by atoms with Gasteiger partial charge in [0.25, 0.3) is 0 Å². The lowest BCUT2D eigenvalue weighted by atomic mass is 10.1. The molecule has 0 radical (unpaired) electrons. The number of carbonyl (C=O) groups excluding carboxylic acids is 1. The monoisotopic (exact) mass is 394 g/mol. The Labute approximate surface area is 168 Å². The van der Waals surface area contributed by atoms with E-state index in [1.54, 1.807) is 19.4 Å². The van der Waals surface area contributed by atoms with Gasteiger partial charge in [-0.3, -0.25) is 9.88 Å². The Bertz CT molecular complexity index is 977. The third-order valence-corrected chi connectivity index (χ3v) is 4.83. The first-order chi connectivity index (χ1) is 14.1. The number of nitrogens with zero attached hydrogens (tertiary/aromatic N) is 4. The molecule has 9 nitrogen and oxygen atoms in total. The summed E-state index contributed by atoms with van der Waals surface area (Å²) in [6, 6.07) is 12.4. The summed E-state index contributed by atoms with van der Waals surface area (Å²) in [5, 5.41) is 9.87. The molecule has 0 bridgehead atoms. The fourth-order valence-electron chi connectivity index (χ4n) is 3.42. The molecule has 150 valence electrons. The van der Waals surface area contributed by atoms with Gasteiger partial charge in [0.15, 0.2) is 0 Å². The van der Waals surface area contributed by atoms with Crippen molar-refractivity contribution >= 4 is 11.7 Å². The summed E-state index contributed by atoms with van der Waals surface area (Å²) in [6.07, 6.45) is 2.36. The number of amides is 2. The molecule has 1 aliphatic heterocycles. The van der Waals surface area contributed by atoms with Gasteiger partial charge >= 0.3 is 6.03 Å². The molecule has 3 heterocycles. The number of aromatic nitrogens is 3. The summed E-state index contributed by atoms with van der Waals surface area (Å²) in [5.74, 6) is 1.66. The maximum absolute atomic E-state index is 12.4. The van der Waals surface area contributed by atoms with Gasteiger partial charge in [0.1, 0.15) is 11.4 Å². The summed E-state index contributed by atoms with van der Waals surface area (Å²) < 4.78 is 10.6. The number of methoxy groups -OCH3 is 1. The van der Waals surface area contributed by atoms with Crippen molar-refractivity contribution in [1.82, 2.24) is 25.3 Å². The molecule has 1 saturated heterocycles. The van der Waals surface area contributed by atoms with Crippen molar-refractivity contribution in [3.05, 3.63) is 54.6 Å². The van der Waals surface area contributed by atoms with Crippen LogP contribution in [0, 0.1) is 0 Å². The average Bonchev–Trinajstić information content (AvgIpc) is 3.35. The molecule has 0 aliphatic carbocycles. The Hall–Kier alpha value is -3.46. The van der Waals surface area contributed by atoms with E-state index in [1.165, 1.54) is 0 Å². The predicted molar refractivity (Wildman–Crippen MR) is 106 cm³/mol. The molecule has 29 heavy (non-hydrogen) atoms. The minimum absolute atomic E-state index is 0.0409. The Morgan fingerprint density at radius 1 is 1.28 bits per heavy atom. The van der Waals surface area contributed by atoms with Gasteiger partial charge in [-0.2, -0.15) is 4.98 Å². The molecule has 2 atom stereocenters. The SMILES string of the molecule is COc1cccc(NC(=O)NC2CC(c3nc(-c4ccccn4)no3)N(C)C2)c1. The number of anilines is 1. The van der Waals surface area contributed by atoms with Crippen LogP contribution in [0.3, 0.4) is 0 Å². The van der Waals surface area contributed by atoms with Crippen LogP contribution in [0.15, 0.2) is 53.2 Å². The third kappa shape index (κ3) is 4.35. The second-order valence-corrected chi connectivity index (χ2v) is 6.89. The second-order valence-electron chi connectivity index (χ2n) is 6.89. The summed E-state index contributed by atoms with van der Waals surface area (Å²) in [5.41, 5.74) is 1.33. The number of carbonyl (C=O) groups is 1. The lowest BCUT2D eigenvalue weighted by Crippen LogP contribution is -2.39. The fraction of sp³-hybridized carbons (Fsp3) is 0.300. The van der Waals surface area contributed by atoms with Crippen molar-refractivity contribution in [3.63, 3.8) is 0 Å². The van der Waals surface area contributed by atoms with Gasteiger partial charge in [-0.1, -0.05) is 17.3 Å². The van der Waals surface area contributed by atoms with Gasteiger partial charge < -0.3 is 19.9 Å². The van der Waals surface area contributed by atoms with Gasteiger partial charge in [-0.05, 0) is 37.7 Å². The largest absolute Gasteiger partial charge is 0.497 e. The fourth-order valence-corrected chi connectivity index (χ4v) is 3.42. The standard InChI is InChI=1S/C20H22N6O3/c1-26-12-14(23-20(27)22-13-6-5-7-15(10-13)28-2)11-17(26)19-24-18(25-29-19)16-8-3-4-9-21-16/h3-10,14,17H,11-12H2,1-2H3,(H2,22,23,27). The zero-order valence-corrected chi connectivity index (χ0v) is 16.2. The quantitative estimate of drug-likeness (QED) is 0.685. The van der Waals surface area contributed by atoms with Gasteiger partial charge in [-0.15, -0.1) is 0 Å². The first kappa shape index (κ1) is 18.9. The van der Waals surface area contributed by atoms with E-state index in [2.05, 4.69) is 30.7 Å². The van der Waals surface area contributed by atoms with Gasteiger partial charge in [-0.25, -0.2) is 4.79 Å². The summed E-state index contributed by atoms with van der Waals surface area (Å²) in [4.78, 5) is 23.2. The lowest BCUT2D eigenvalue weighted by molar-refractivity contribution is 0.243. The average molecular weight is 394 g/mol. The Kier molecular flexibility index (Phi) is 5.39. The summed E-state index contributed by atoms with van der Waals surface area (Å²) in [7, 11) is 3.56. The lowest BCUT2D eigenvalue weighted by Gasteiger charge is -2.14. The van der Waals surface area contributed by atoms with E-state index in [1.807, 2.05) is 43.4 Å². The van der Waals surface area contributed by atoms with E-state index in [0.29, 0.717) is 41.8 Å². The molecule has 0 saturated carbocycles. The molecular weight excluding hydrogens is 372 g/mol. The normalized spacial score (nSPS) is 19.1. The first-order valence-electron chi connectivity index (χ1n) is 9.29. The van der Waals surface area contributed by atoms with Gasteiger partial charge in [0, 0.05) is 30.5 Å². The number of urea groups is 1. The highest BCUT2D eigenvalue weighted by Crippen LogP contribution is 2.30. The van der Waals surface area contributed by atoms with Crippen LogP contribution in [-0.4, -0.2) is 52.8 Å². The summed E-state index contributed by atoms with van der Waals surface area (Å²) >= 11 is 0. The molecule has 0 spiro atoms. The number of benzene rings is 1. The van der Waals surface area contributed by atoms with E-state index in [9.17, 15) is 4.79 Å². The van der Waals surface area contributed by atoms with Crippen LogP contribution in [0.4, 0.5) is 10.5 Å². The highest BCUT2D eigenvalue weighted by Gasteiger charge is 2.35. The molecule has 3 aromatic rings. The number of ether oxygens (including phenoxy) is 1.